The first-order chi connectivity index (χ1) is 8.80. The fraction of sp³-hybridized carbons (Fsp3) is 0.500. The Morgan fingerprint density at radius 2 is 1.79 bits per heavy atom. The Hall–Kier alpha value is -1.37. The van der Waals surface area contributed by atoms with E-state index in [1.165, 1.54) is 6.92 Å². The molecule has 106 valence electrons. The Balaban J connectivity index is 2.38. The average molecular weight is 281 g/mol. The molecule has 0 unspecified atom stereocenters. The molecule has 2 nitrogen and oxygen atoms in total. The summed E-state index contributed by atoms with van der Waals surface area (Å²) in [6, 6.07) is -0.0481. The zero-order chi connectivity index (χ0) is 14.2. The SMILES string of the molecule is Cc1c(F)cc(N2CCOC[C@H]2C(F)(F)F)cc1F. The average Bonchev–Trinajstić information content (AvgIpc) is 2.34. The molecule has 1 saturated heterocycles. The molecule has 0 bridgehead atoms. The highest BCUT2D eigenvalue weighted by molar-refractivity contribution is 5.50. The predicted octanol–water partition coefficient (Wildman–Crippen LogP) is 3.04. The standard InChI is InChI=1S/C12H12F5NO/c1-7-9(13)4-8(5-10(7)14)18-2-3-19-6-11(18)12(15,16)17/h4-5,11H,2-3,6H2,1H3/t11-/m0/s1. The van der Waals surface area contributed by atoms with E-state index in [0.29, 0.717) is 0 Å². The van der Waals surface area contributed by atoms with Gasteiger partial charge in [0.05, 0.1) is 13.2 Å². The second-order valence-corrected chi connectivity index (χ2v) is 4.36. The fourth-order valence-electron chi connectivity index (χ4n) is 1.98. The third-order valence-electron chi connectivity index (χ3n) is 3.10. The Bertz CT molecular complexity index is 451. The lowest BCUT2D eigenvalue weighted by Gasteiger charge is -2.38. The van der Waals surface area contributed by atoms with Gasteiger partial charge in [0.15, 0.2) is 0 Å². The summed E-state index contributed by atoms with van der Waals surface area (Å²) in [4.78, 5) is 0.926. The van der Waals surface area contributed by atoms with E-state index in [0.717, 1.165) is 17.0 Å². The van der Waals surface area contributed by atoms with Gasteiger partial charge in [0, 0.05) is 17.8 Å². The van der Waals surface area contributed by atoms with Gasteiger partial charge in [-0.3, -0.25) is 0 Å². The van der Waals surface area contributed by atoms with Crippen molar-refractivity contribution in [2.75, 3.05) is 24.7 Å². The lowest BCUT2D eigenvalue weighted by atomic mass is 10.1. The molecule has 1 aromatic carbocycles. The van der Waals surface area contributed by atoms with Gasteiger partial charge < -0.3 is 9.64 Å². The number of benzene rings is 1. The van der Waals surface area contributed by atoms with Crippen LogP contribution in [0.25, 0.3) is 0 Å². The zero-order valence-electron chi connectivity index (χ0n) is 10.1. The maximum Gasteiger partial charge on any atom is 0.411 e. The molecule has 0 spiro atoms. The van der Waals surface area contributed by atoms with Crippen molar-refractivity contribution in [3.63, 3.8) is 0 Å². The molecule has 1 fully saturated rings. The monoisotopic (exact) mass is 281 g/mol. The molecule has 1 atom stereocenters. The van der Waals surface area contributed by atoms with Gasteiger partial charge in [-0.1, -0.05) is 0 Å². The summed E-state index contributed by atoms with van der Waals surface area (Å²) < 4.78 is 70.2. The molecule has 1 aliphatic heterocycles. The summed E-state index contributed by atoms with van der Waals surface area (Å²) in [5.41, 5.74) is -0.327. The number of morpholine rings is 1. The van der Waals surface area contributed by atoms with E-state index in [9.17, 15) is 22.0 Å². The van der Waals surface area contributed by atoms with E-state index in [1.54, 1.807) is 0 Å². The fourth-order valence-corrected chi connectivity index (χ4v) is 1.98. The number of hydrogen-bond donors (Lipinski definition) is 0. The van der Waals surface area contributed by atoms with Crippen molar-refractivity contribution in [1.82, 2.24) is 0 Å². The Morgan fingerprint density at radius 1 is 1.21 bits per heavy atom. The normalized spacial score (nSPS) is 20.7. The lowest BCUT2D eigenvalue weighted by Crippen LogP contribution is -2.53. The first-order valence-electron chi connectivity index (χ1n) is 5.67. The number of rotatable bonds is 1. The summed E-state index contributed by atoms with van der Waals surface area (Å²) in [5.74, 6) is -1.72. The second kappa shape index (κ2) is 4.96. The quantitative estimate of drug-likeness (QED) is 0.734. The first-order valence-corrected chi connectivity index (χ1v) is 5.67. The van der Waals surface area contributed by atoms with Gasteiger partial charge in [-0.25, -0.2) is 8.78 Å². The number of halogens is 5. The van der Waals surface area contributed by atoms with Crippen LogP contribution >= 0.6 is 0 Å². The molecule has 0 aliphatic carbocycles. The smallest absolute Gasteiger partial charge is 0.377 e. The van der Waals surface area contributed by atoms with Gasteiger partial charge in [-0.2, -0.15) is 13.2 Å². The van der Waals surface area contributed by atoms with Gasteiger partial charge in [-0.15, -0.1) is 0 Å². The summed E-state index contributed by atoms with van der Waals surface area (Å²) in [5, 5.41) is 0. The molecule has 2 rings (SSSR count). The zero-order valence-corrected chi connectivity index (χ0v) is 10.1. The second-order valence-electron chi connectivity index (χ2n) is 4.36. The number of alkyl halides is 3. The van der Waals surface area contributed by atoms with Crippen molar-refractivity contribution in [1.29, 1.82) is 0 Å². The number of ether oxygens (including phenoxy) is 1. The molecule has 0 amide bonds. The minimum absolute atomic E-state index is 0.0634. The maximum absolute atomic E-state index is 13.4. The van der Waals surface area contributed by atoms with Gasteiger partial charge in [0.1, 0.15) is 17.7 Å². The van der Waals surface area contributed by atoms with Crippen molar-refractivity contribution in [2.45, 2.75) is 19.1 Å². The predicted molar refractivity (Wildman–Crippen MR) is 59.1 cm³/mol. The molecule has 7 heteroatoms. The number of anilines is 1. The van der Waals surface area contributed by atoms with Crippen LogP contribution in [0.1, 0.15) is 5.56 Å². The van der Waals surface area contributed by atoms with Crippen molar-refractivity contribution in [3.05, 3.63) is 29.3 Å². The summed E-state index contributed by atoms with van der Waals surface area (Å²) in [6.45, 7) is 0.714. The highest BCUT2D eigenvalue weighted by Gasteiger charge is 2.45. The van der Waals surface area contributed by atoms with E-state index >= 15 is 0 Å². The van der Waals surface area contributed by atoms with Gasteiger partial charge in [0.25, 0.3) is 0 Å². The van der Waals surface area contributed by atoms with Crippen LogP contribution in [0.4, 0.5) is 27.6 Å². The number of hydrogen-bond acceptors (Lipinski definition) is 2. The van der Waals surface area contributed by atoms with Crippen LogP contribution in [-0.2, 0) is 4.74 Å². The minimum Gasteiger partial charge on any atom is -0.377 e. The molecule has 1 aliphatic rings. The third-order valence-corrected chi connectivity index (χ3v) is 3.10. The van der Waals surface area contributed by atoms with E-state index in [-0.39, 0.29) is 24.4 Å². The van der Waals surface area contributed by atoms with E-state index < -0.39 is 30.5 Å². The van der Waals surface area contributed by atoms with Gasteiger partial charge >= 0.3 is 6.18 Å². The highest BCUT2D eigenvalue weighted by Crippen LogP contribution is 2.32. The minimum atomic E-state index is -4.52. The number of nitrogens with zero attached hydrogens (tertiary/aromatic N) is 1. The Kier molecular flexibility index (Phi) is 3.66. The summed E-state index contributed by atoms with van der Waals surface area (Å²) in [6.07, 6.45) is -4.52. The molecule has 0 N–H and O–H groups in total. The third kappa shape index (κ3) is 2.80. The Labute approximate surface area is 106 Å². The van der Waals surface area contributed by atoms with Gasteiger partial charge in [-0.05, 0) is 19.1 Å². The summed E-state index contributed by atoms with van der Waals surface area (Å²) >= 11 is 0. The van der Waals surface area contributed by atoms with Crippen LogP contribution in [0.15, 0.2) is 12.1 Å². The molecule has 1 aromatic rings. The van der Waals surface area contributed by atoms with Crippen LogP contribution < -0.4 is 4.90 Å². The summed E-state index contributed by atoms with van der Waals surface area (Å²) in [7, 11) is 0. The van der Waals surface area contributed by atoms with Crippen LogP contribution in [0.5, 0.6) is 0 Å². The van der Waals surface area contributed by atoms with E-state index in [4.69, 9.17) is 4.74 Å². The molecular formula is C12H12F5NO. The van der Waals surface area contributed by atoms with Crippen molar-refractivity contribution < 1.29 is 26.7 Å². The Morgan fingerprint density at radius 3 is 2.32 bits per heavy atom. The topological polar surface area (TPSA) is 12.5 Å². The molecule has 0 radical (unpaired) electrons. The molecule has 19 heavy (non-hydrogen) atoms. The molecule has 0 aromatic heterocycles. The first kappa shape index (κ1) is 14.0. The van der Waals surface area contributed by atoms with Crippen LogP contribution in [0.3, 0.4) is 0 Å². The van der Waals surface area contributed by atoms with Crippen LogP contribution in [-0.4, -0.2) is 32.0 Å². The largest absolute Gasteiger partial charge is 0.411 e. The molecule has 1 heterocycles. The van der Waals surface area contributed by atoms with Crippen LogP contribution in [0, 0.1) is 18.6 Å². The maximum atomic E-state index is 13.4. The van der Waals surface area contributed by atoms with Crippen LogP contribution in [0.2, 0.25) is 0 Å². The molecule has 0 saturated carbocycles. The van der Waals surface area contributed by atoms with Crippen molar-refractivity contribution >= 4 is 5.69 Å². The van der Waals surface area contributed by atoms with Crippen molar-refractivity contribution in [3.8, 4) is 0 Å². The van der Waals surface area contributed by atoms with Crippen molar-refractivity contribution in [2.24, 2.45) is 0 Å². The lowest BCUT2D eigenvalue weighted by molar-refractivity contribution is -0.167. The van der Waals surface area contributed by atoms with E-state index in [2.05, 4.69) is 0 Å². The highest BCUT2D eigenvalue weighted by atomic mass is 19.4. The van der Waals surface area contributed by atoms with Gasteiger partial charge in [0.2, 0.25) is 0 Å². The van der Waals surface area contributed by atoms with E-state index in [1.807, 2.05) is 0 Å². The molecular weight excluding hydrogens is 269 g/mol.